The molecule has 0 radical (unpaired) electrons. The molecule has 2 saturated heterocycles. The Hall–Kier alpha value is -2.36. The number of piperidine rings is 1. The fourth-order valence-electron chi connectivity index (χ4n) is 4.43. The van der Waals surface area contributed by atoms with Gasteiger partial charge in [-0.1, -0.05) is 32.9 Å². The van der Waals surface area contributed by atoms with Crippen LogP contribution in [0.3, 0.4) is 0 Å². The molecule has 0 aliphatic carbocycles. The van der Waals surface area contributed by atoms with E-state index >= 15 is 0 Å². The van der Waals surface area contributed by atoms with Crippen molar-refractivity contribution in [3.05, 3.63) is 59.9 Å². The summed E-state index contributed by atoms with van der Waals surface area (Å²) in [5, 5.41) is 0. The van der Waals surface area contributed by atoms with Gasteiger partial charge in [0.2, 0.25) is 0 Å². The predicted molar refractivity (Wildman–Crippen MR) is 106 cm³/mol. The first-order chi connectivity index (χ1) is 12.9. The first-order valence-electron chi connectivity index (χ1n) is 9.92. The Morgan fingerprint density at radius 1 is 1.07 bits per heavy atom. The molecule has 27 heavy (non-hydrogen) atoms. The van der Waals surface area contributed by atoms with Gasteiger partial charge in [0.05, 0.1) is 6.20 Å². The van der Waals surface area contributed by atoms with Gasteiger partial charge < -0.3 is 9.64 Å². The Kier molecular flexibility index (Phi) is 4.67. The number of ether oxygens (including phenoxy) is 1. The second-order valence-corrected chi connectivity index (χ2v) is 8.82. The number of hydrogen-bond donors (Lipinski definition) is 0. The summed E-state index contributed by atoms with van der Waals surface area (Å²) in [6.07, 6.45) is 7.62. The van der Waals surface area contributed by atoms with E-state index in [0.717, 1.165) is 37.0 Å². The van der Waals surface area contributed by atoms with Crippen LogP contribution in [-0.4, -0.2) is 34.0 Å². The summed E-state index contributed by atoms with van der Waals surface area (Å²) in [5.74, 6) is 0.988. The Labute approximate surface area is 161 Å². The second kappa shape index (κ2) is 6.99. The van der Waals surface area contributed by atoms with Gasteiger partial charge in [0.1, 0.15) is 11.9 Å². The van der Waals surface area contributed by atoms with Gasteiger partial charge in [-0.2, -0.15) is 0 Å². The van der Waals surface area contributed by atoms with Crippen molar-refractivity contribution in [1.82, 2.24) is 9.88 Å². The molecule has 2 unspecified atom stereocenters. The lowest BCUT2D eigenvalue weighted by molar-refractivity contribution is 0.0358. The molecule has 2 aliphatic rings. The van der Waals surface area contributed by atoms with E-state index in [2.05, 4.69) is 42.8 Å². The van der Waals surface area contributed by atoms with E-state index < -0.39 is 0 Å². The normalized spacial score (nSPS) is 24.7. The third-order valence-corrected chi connectivity index (χ3v) is 5.86. The van der Waals surface area contributed by atoms with Crippen LogP contribution in [0.25, 0.3) is 0 Å². The van der Waals surface area contributed by atoms with Crippen molar-refractivity contribution in [2.75, 3.05) is 0 Å². The van der Waals surface area contributed by atoms with E-state index in [1.54, 1.807) is 12.4 Å². The van der Waals surface area contributed by atoms with E-state index in [1.807, 2.05) is 24.3 Å². The molecule has 0 saturated carbocycles. The smallest absolute Gasteiger partial charge is 0.254 e. The molecule has 4 rings (SSSR count). The van der Waals surface area contributed by atoms with Gasteiger partial charge in [0.25, 0.3) is 5.91 Å². The summed E-state index contributed by atoms with van der Waals surface area (Å²) >= 11 is 0. The fourth-order valence-corrected chi connectivity index (χ4v) is 4.43. The number of rotatable bonds is 3. The number of aromatic nitrogens is 1. The zero-order chi connectivity index (χ0) is 19.0. The number of carbonyl (C=O) groups excluding carboxylic acids is 1. The largest absolute Gasteiger partial charge is 0.489 e. The number of amides is 1. The van der Waals surface area contributed by atoms with Gasteiger partial charge >= 0.3 is 0 Å². The molecule has 2 aliphatic heterocycles. The molecule has 2 aromatic rings. The van der Waals surface area contributed by atoms with E-state index in [0.29, 0.717) is 0 Å². The maximum absolute atomic E-state index is 13.2. The molecule has 1 aromatic heterocycles. The number of pyridine rings is 1. The van der Waals surface area contributed by atoms with Crippen molar-refractivity contribution in [3.8, 4) is 5.75 Å². The Morgan fingerprint density at radius 2 is 1.74 bits per heavy atom. The van der Waals surface area contributed by atoms with Crippen LogP contribution in [0.2, 0.25) is 0 Å². The number of nitrogens with zero attached hydrogens (tertiary/aromatic N) is 2. The third kappa shape index (κ3) is 3.71. The lowest BCUT2D eigenvalue weighted by atomic mass is 9.86. The van der Waals surface area contributed by atoms with Crippen LogP contribution in [0, 0.1) is 0 Å². The molecule has 1 amide bonds. The summed E-state index contributed by atoms with van der Waals surface area (Å²) in [7, 11) is 0. The fraction of sp³-hybridized carbons (Fsp3) is 0.478. The average Bonchev–Trinajstić information content (AvgIpc) is 2.92. The Morgan fingerprint density at radius 3 is 2.30 bits per heavy atom. The van der Waals surface area contributed by atoms with Gasteiger partial charge in [0.15, 0.2) is 0 Å². The van der Waals surface area contributed by atoms with Crippen LogP contribution in [0.5, 0.6) is 5.75 Å². The Balaban J connectivity index is 1.45. The standard InChI is InChI=1S/C23H28N2O2/c1-23(2,3)17-8-6-16(7-9-17)22(26)25-18-10-11-19(25)14-21(13-18)27-20-5-4-12-24-15-20/h4-9,12,15,18-19,21H,10-11,13-14H2,1-3H3. The minimum Gasteiger partial charge on any atom is -0.489 e. The average molecular weight is 364 g/mol. The van der Waals surface area contributed by atoms with Crippen molar-refractivity contribution in [2.45, 2.75) is 70.1 Å². The molecular formula is C23H28N2O2. The lowest BCUT2D eigenvalue weighted by Gasteiger charge is -2.39. The summed E-state index contributed by atoms with van der Waals surface area (Å²) in [6.45, 7) is 6.57. The van der Waals surface area contributed by atoms with Crippen LogP contribution in [0.1, 0.15) is 62.4 Å². The first kappa shape index (κ1) is 18.0. The van der Waals surface area contributed by atoms with Gasteiger partial charge in [0, 0.05) is 36.7 Å². The third-order valence-electron chi connectivity index (χ3n) is 5.86. The highest BCUT2D eigenvalue weighted by molar-refractivity contribution is 5.95. The van der Waals surface area contributed by atoms with E-state index in [9.17, 15) is 4.79 Å². The maximum Gasteiger partial charge on any atom is 0.254 e. The molecule has 3 heterocycles. The Bertz CT molecular complexity index is 781. The minimum absolute atomic E-state index is 0.0998. The van der Waals surface area contributed by atoms with Crippen molar-refractivity contribution >= 4 is 5.91 Å². The topological polar surface area (TPSA) is 42.4 Å². The predicted octanol–water partition coefficient (Wildman–Crippen LogP) is 4.59. The van der Waals surface area contributed by atoms with Crippen molar-refractivity contribution < 1.29 is 9.53 Å². The number of benzene rings is 1. The van der Waals surface area contributed by atoms with Gasteiger partial charge in [-0.05, 0) is 48.1 Å². The second-order valence-electron chi connectivity index (χ2n) is 8.82. The van der Waals surface area contributed by atoms with Crippen molar-refractivity contribution in [3.63, 3.8) is 0 Å². The SMILES string of the molecule is CC(C)(C)c1ccc(C(=O)N2C3CCC2CC(Oc2cccnc2)C3)cc1. The van der Waals surface area contributed by atoms with E-state index in [4.69, 9.17) is 4.74 Å². The van der Waals surface area contributed by atoms with Gasteiger partial charge in [-0.15, -0.1) is 0 Å². The van der Waals surface area contributed by atoms with Crippen LogP contribution < -0.4 is 4.74 Å². The molecule has 4 heteroatoms. The van der Waals surface area contributed by atoms with E-state index in [1.165, 1.54) is 5.56 Å². The molecule has 2 atom stereocenters. The summed E-state index contributed by atoms with van der Waals surface area (Å²) in [5.41, 5.74) is 2.15. The number of carbonyl (C=O) groups is 1. The highest BCUT2D eigenvalue weighted by Gasteiger charge is 2.44. The van der Waals surface area contributed by atoms with Crippen molar-refractivity contribution in [1.29, 1.82) is 0 Å². The monoisotopic (exact) mass is 364 g/mol. The van der Waals surface area contributed by atoms with Crippen LogP contribution in [0.15, 0.2) is 48.8 Å². The molecule has 2 fully saturated rings. The quantitative estimate of drug-likeness (QED) is 0.800. The van der Waals surface area contributed by atoms with Gasteiger partial charge in [-0.3, -0.25) is 9.78 Å². The minimum atomic E-state index is 0.0998. The van der Waals surface area contributed by atoms with Crippen molar-refractivity contribution in [2.24, 2.45) is 0 Å². The first-order valence-corrected chi connectivity index (χ1v) is 9.92. The highest BCUT2D eigenvalue weighted by atomic mass is 16.5. The van der Waals surface area contributed by atoms with E-state index in [-0.39, 0.29) is 29.5 Å². The summed E-state index contributed by atoms with van der Waals surface area (Å²) in [4.78, 5) is 19.4. The highest BCUT2D eigenvalue weighted by Crippen LogP contribution is 2.38. The van der Waals surface area contributed by atoms with Crippen LogP contribution in [0.4, 0.5) is 0 Å². The zero-order valence-electron chi connectivity index (χ0n) is 16.4. The number of hydrogen-bond acceptors (Lipinski definition) is 3. The maximum atomic E-state index is 13.2. The molecule has 1 aromatic carbocycles. The molecule has 2 bridgehead atoms. The summed E-state index contributed by atoms with van der Waals surface area (Å²) < 4.78 is 6.12. The number of fused-ring (bicyclic) bond motifs is 2. The zero-order valence-corrected chi connectivity index (χ0v) is 16.4. The van der Waals surface area contributed by atoms with Crippen LogP contribution >= 0.6 is 0 Å². The molecule has 0 spiro atoms. The summed E-state index contributed by atoms with van der Waals surface area (Å²) in [6, 6.07) is 12.6. The molecular weight excluding hydrogens is 336 g/mol. The molecule has 0 N–H and O–H groups in total. The van der Waals surface area contributed by atoms with Gasteiger partial charge in [-0.25, -0.2) is 0 Å². The molecule has 4 nitrogen and oxygen atoms in total. The van der Waals surface area contributed by atoms with Crippen LogP contribution in [-0.2, 0) is 5.41 Å². The molecule has 142 valence electrons. The lowest BCUT2D eigenvalue weighted by Crippen LogP contribution is -2.49.